The Balaban J connectivity index is 1.81. The van der Waals surface area contributed by atoms with Gasteiger partial charge in [-0.15, -0.1) is 0 Å². The summed E-state index contributed by atoms with van der Waals surface area (Å²) in [5, 5.41) is 9.73. The molecule has 1 aliphatic heterocycles. The maximum atomic E-state index is 9.73. The minimum atomic E-state index is -0.0599. The predicted molar refractivity (Wildman–Crippen MR) is 42.3 cm³/mol. The molecule has 1 saturated heterocycles. The summed E-state index contributed by atoms with van der Waals surface area (Å²) in [4.78, 5) is 0. The van der Waals surface area contributed by atoms with Gasteiger partial charge < -0.3 is 9.84 Å². The van der Waals surface area contributed by atoms with Crippen LogP contribution in [0.4, 0.5) is 0 Å². The lowest BCUT2D eigenvalue weighted by Crippen LogP contribution is -2.30. The van der Waals surface area contributed by atoms with Crippen LogP contribution in [0.3, 0.4) is 0 Å². The third kappa shape index (κ3) is 1.74. The summed E-state index contributed by atoms with van der Waals surface area (Å²) in [6.07, 6.45) is 4.71. The van der Waals surface area contributed by atoms with Crippen LogP contribution in [0.1, 0.15) is 25.7 Å². The van der Waals surface area contributed by atoms with Crippen molar-refractivity contribution in [1.82, 2.24) is 0 Å². The average Bonchev–Trinajstić information content (AvgIpc) is 2.87. The molecule has 0 radical (unpaired) electrons. The summed E-state index contributed by atoms with van der Waals surface area (Å²) in [7, 11) is 0. The van der Waals surface area contributed by atoms with Gasteiger partial charge in [0.25, 0.3) is 0 Å². The first-order valence-corrected chi connectivity index (χ1v) is 4.64. The van der Waals surface area contributed by atoms with Crippen LogP contribution in [0.25, 0.3) is 0 Å². The second-order valence-corrected chi connectivity index (χ2v) is 3.81. The van der Waals surface area contributed by atoms with E-state index in [4.69, 9.17) is 4.74 Å². The summed E-state index contributed by atoms with van der Waals surface area (Å²) < 4.78 is 5.32. The van der Waals surface area contributed by atoms with E-state index in [1.807, 2.05) is 0 Å². The Kier molecular flexibility index (Phi) is 2.14. The van der Waals surface area contributed by atoms with Crippen molar-refractivity contribution >= 4 is 0 Å². The molecule has 1 saturated carbocycles. The van der Waals surface area contributed by atoms with Crippen LogP contribution >= 0.6 is 0 Å². The van der Waals surface area contributed by atoms with E-state index >= 15 is 0 Å². The maximum absolute atomic E-state index is 9.73. The molecule has 0 amide bonds. The number of hydrogen-bond donors (Lipinski definition) is 1. The van der Waals surface area contributed by atoms with E-state index in [1.54, 1.807) is 0 Å². The first-order chi connectivity index (χ1) is 5.38. The molecule has 11 heavy (non-hydrogen) atoms. The number of ether oxygens (including phenoxy) is 1. The monoisotopic (exact) mass is 156 g/mol. The van der Waals surface area contributed by atoms with Gasteiger partial charge in [0.05, 0.1) is 12.7 Å². The SMILES string of the molecule is OC(C1CC1)C1CCCOC1. The minimum absolute atomic E-state index is 0.0599. The zero-order chi connectivity index (χ0) is 7.68. The highest BCUT2D eigenvalue weighted by Crippen LogP contribution is 2.37. The molecule has 0 aromatic heterocycles. The molecular formula is C9H16O2. The van der Waals surface area contributed by atoms with Crippen molar-refractivity contribution < 1.29 is 9.84 Å². The van der Waals surface area contributed by atoms with Crippen LogP contribution in [0.5, 0.6) is 0 Å². The maximum Gasteiger partial charge on any atom is 0.0618 e. The molecule has 0 bridgehead atoms. The standard InChI is InChI=1S/C9H16O2/c10-9(7-3-4-7)8-2-1-5-11-6-8/h7-10H,1-6H2. The molecule has 64 valence electrons. The molecular weight excluding hydrogens is 140 g/mol. The van der Waals surface area contributed by atoms with Gasteiger partial charge >= 0.3 is 0 Å². The van der Waals surface area contributed by atoms with Crippen molar-refractivity contribution in [3.63, 3.8) is 0 Å². The van der Waals surface area contributed by atoms with Gasteiger partial charge in [-0.1, -0.05) is 0 Å². The predicted octanol–water partition coefficient (Wildman–Crippen LogP) is 1.18. The van der Waals surface area contributed by atoms with Crippen LogP contribution in [-0.2, 0) is 4.74 Å². The molecule has 2 rings (SSSR count). The molecule has 0 aromatic carbocycles. The smallest absolute Gasteiger partial charge is 0.0618 e. The topological polar surface area (TPSA) is 29.5 Å². The van der Waals surface area contributed by atoms with Crippen LogP contribution in [-0.4, -0.2) is 24.4 Å². The van der Waals surface area contributed by atoms with Crippen molar-refractivity contribution in [1.29, 1.82) is 0 Å². The summed E-state index contributed by atoms with van der Waals surface area (Å²) in [5.74, 6) is 1.05. The highest BCUT2D eigenvalue weighted by Gasteiger charge is 2.35. The molecule has 1 N–H and O–H groups in total. The Morgan fingerprint density at radius 1 is 1.18 bits per heavy atom. The van der Waals surface area contributed by atoms with Crippen LogP contribution in [0.15, 0.2) is 0 Å². The van der Waals surface area contributed by atoms with E-state index in [0.717, 1.165) is 26.1 Å². The minimum Gasteiger partial charge on any atom is -0.392 e. The molecule has 0 spiro atoms. The molecule has 2 nitrogen and oxygen atoms in total. The van der Waals surface area contributed by atoms with Gasteiger partial charge in [-0.25, -0.2) is 0 Å². The Morgan fingerprint density at radius 3 is 2.55 bits per heavy atom. The van der Waals surface area contributed by atoms with E-state index in [0.29, 0.717) is 11.8 Å². The molecule has 2 unspecified atom stereocenters. The molecule has 0 aromatic rings. The Labute approximate surface area is 67.6 Å². The second kappa shape index (κ2) is 3.11. The summed E-state index contributed by atoms with van der Waals surface area (Å²) in [5.41, 5.74) is 0. The van der Waals surface area contributed by atoms with Gasteiger partial charge in [-0.3, -0.25) is 0 Å². The summed E-state index contributed by atoms with van der Waals surface area (Å²) in [6, 6.07) is 0. The summed E-state index contributed by atoms with van der Waals surface area (Å²) >= 11 is 0. The zero-order valence-corrected chi connectivity index (χ0v) is 6.83. The fourth-order valence-corrected chi connectivity index (χ4v) is 1.86. The molecule has 1 heterocycles. The van der Waals surface area contributed by atoms with Crippen LogP contribution in [0, 0.1) is 11.8 Å². The molecule has 2 atom stereocenters. The van der Waals surface area contributed by atoms with Crippen molar-refractivity contribution in [3.05, 3.63) is 0 Å². The van der Waals surface area contributed by atoms with E-state index < -0.39 is 0 Å². The van der Waals surface area contributed by atoms with Crippen LogP contribution in [0.2, 0.25) is 0 Å². The number of aliphatic hydroxyl groups is 1. The fourth-order valence-electron chi connectivity index (χ4n) is 1.86. The van der Waals surface area contributed by atoms with Crippen molar-refractivity contribution in [2.45, 2.75) is 31.8 Å². The third-order valence-corrected chi connectivity index (χ3v) is 2.78. The van der Waals surface area contributed by atoms with E-state index in [1.165, 1.54) is 12.8 Å². The number of rotatable bonds is 2. The van der Waals surface area contributed by atoms with Crippen LogP contribution < -0.4 is 0 Å². The summed E-state index contributed by atoms with van der Waals surface area (Å²) in [6.45, 7) is 1.69. The lowest BCUT2D eigenvalue weighted by molar-refractivity contribution is -0.0172. The largest absolute Gasteiger partial charge is 0.392 e. The first-order valence-electron chi connectivity index (χ1n) is 4.64. The van der Waals surface area contributed by atoms with Crippen molar-refractivity contribution in [3.8, 4) is 0 Å². The Hall–Kier alpha value is -0.0800. The lowest BCUT2D eigenvalue weighted by Gasteiger charge is -2.26. The van der Waals surface area contributed by atoms with E-state index in [9.17, 15) is 5.11 Å². The number of aliphatic hydroxyl groups excluding tert-OH is 1. The average molecular weight is 156 g/mol. The van der Waals surface area contributed by atoms with Crippen molar-refractivity contribution in [2.75, 3.05) is 13.2 Å². The molecule has 2 heteroatoms. The highest BCUT2D eigenvalue weighted by atomic mass is 16.5. The normalized spacial score (nSPS) is 35.2. The van der Waals surface area contributed by atoms with E-state index in [2.05, 4.69) is 0 Å². The molecule has 2 fully saturated rings. The van der Waals surface area contributed by atoms with Gasteiger partial charge in [-0.2, -0.15) is 0 Å². The van der Waals surface area contributed by atoms with Gasteiger partial charge in [0.2, 0.25) is 0 Å². The number of hydrogen-bond acceptors (Lipinski definition) is 2. The highest BCUT2D eigenvalue weighted by molar-refractivity contribution is 4.86. The van der Waals surface area contributed by atoms with E-state index in [-0.39, 0.29) is 6.10 Å². The third-order valence-electron chi connectivity index (χ3n) is 2.78. The zero-order valence-electron chi connectivity index (χ0n) is 6.83. The lowest BCUT2D eigenvalue weighted by atomic mass is 9.93. The van der Waals surface area contributed by atoms with Gasteiger partial charge in [0.1, 0.15) is 0 Å². The quantitative estimate of drug-likeness (QED) is 0.650. The van der Waals surface area contributed by atoms with Gasteiger partial charge in [-0.05, 0) is 31.6 Å². The Morgan fingerprint density at radius 2 is 2.00 bits per heavy atom. The first kappa shape index (κ1) is 7.56. The van der Waals surface area contributed by atoms with Gasteiger partial charge in [0, 0.05) is 12.5 Å². The second-order valence-electron chi connectivity index (χ2n) is 3.81. The molecule has 1 aliphatic carbocycles. The fraction of sp³-hybridized carbons (Fsp3) is 1.00. The Bertz CT molecular complexity index is 126. The van der Waals surface area contributed by atoms with Crippen molar-refractivity contribution in [2.24, 2.45) is 11.8 Å². The van der Waals surface area contributed by atoms with Gasteiger partial charge in [0.15, 0.2) is 0 Å². The molecule has 2 aliphatic rings.